The van der Waals surface area contributed by atoms with Gasteiger partial charge in [0.15, 0.2) is 6.61 Å². The van der Waals surface area contributed by atoms with Crippen LogP contribution in [0.1, 0.15) is 5.69 Å². The molecule has 0 atom stereocenters. The van der Waals surface area contributed by atoms with Crippen LogP contribution >= 0.6 is 0 Å². The maximum Gasteiger partial charge on any atom is 0.262 e. The minimum Gasteiger partial charge on any atom is -0.497 e. The Morgan fingerprint density at radius 1 is 1.19 bits per heavy atom. The predicted molar refractivity (Wildman–Crippen MR) is 79.2 cm³/mol. The van der Waals surface area contributed by atoms with Crippen molar-refractivity contribution in [2.24, 2.45) is 5.73 Å². The van der Waals surface area contributed by atoms with Gasteiger partial charge < -0.3 is 20.5 Å². The van der Waals surface area contributed by atoms with Gasteiger partial charge in [0.2, 0.25) is 0 Å². The van der Waals surface area contributed by atoms with E-state index in [2.05, 4.69) is 10.3 Å². The number of carbonyl (C=O) groups excluding carboxylic acids is 1. The highest BCUT2D eigenvalue weighted by molar-refractivity contribution is 5.91. The van der Waals surface area contributed by atoms with Crippen LogP contribution in [-0.2, 0) is 11.3 Å². The number of methoxy groups -OCH3 is 1. The highest BCUT2D eigenvalue weighted by Gasteiger charge is 2.04. The lowest BCUT2D eigenvalue weighted by molar-refractivity contribution is -0.118. The second-order valence-electron chi connectivity index (χ2n) is 4.25. The van der Waals surface area contributed by atoms with Crippen molar-refractivity contribution < 1.29 is 14.3 Å². The standard InChI is InChI=1S/C15H17N3O3/c1-20-13-5-2-11(3-6-13)18-15(19)10-21-14-7-4-12(8-16)17-9-14/h2-7,9H,8,10,16H2,1H3,(H,18,19). The topological polar surface area (TPSA) is 86.5 Å². The molecular formula is C15H17N3O3. The maximum absolute atomic E-state index is 11.8. The molecule has 2 aromatic rings. The highest BCUT2D eigenvalue weighted by Crippen LogP contribution is 2.15. The lowest BCUT2D eigenvalue weighted by Gasteiger charge is -2.08. The number of amides is 1. The molecule has 2 rings (SSSR count). The zero-order valence-corrected chi connectivity index (χ0v) is 11.7. The number of carbonyl (C=O) groups is 1. The summed E-state index contributed by atoms with van der Waals surface area (Å²) in [6, 6.07) is 10.5. The van der Waals surface area contributed by atoms with E-state index in [1.807, 2.05) is 0 Å². The first kappa shape index (κ1) is 14.8. The van der Waals surface area contributed by atoms with E-state index in [0.717, 1.165) is 11.4 Å². The fourth-order valence-electron chi connectivity index (χ4n) is 1.64. The zero-order chi connectivity index (χ0) is 15.1. The Kier molecular flexibility index (Phi) is 5.11. The van der Waals surface area contributed by atoms with Gasteiger partial charge in [0, 0.05) is 12.2 Å². The van der Waals surface area contributed by atoms with Crippen molar-refractivity contribution in [1.82, 2.24) is 4.98 Å². The Labute approximate surface area is 122 Å². The van der Waals surface area contributed by atoms with Gasteiger partial charge in [-0.15, -0.1) is 0 Å². The van der Waals surface area contributed by atoms with Crippen LogP contribution in [0.2, 0.25) is 0 Å². The van der Waals surface area contributed by atoms with E-state index in [4.69, 9.17) is 15.2 Å². The van der Waals surface area contributed by atoms with Crippen molar-refractivity contribution in [2.45, 2.75) is 6.54 Å². The average molecular weight is 287 g/mol. The van der Waals surface area contributed by atoms with Crippen LogP contribution in [0.3, 0.4) is 0 Å². The van der Waals surface area contributed by atoms with Crippen molar-refractivity contribution in [3.63, 3.8) is 0 Å². The lowest BCUT2D eigenvalue weighted by atomic mass is 10.3. The van der Waals surface area contributed by atoms with E-state index >= 15 is 0 Å². The number of nitrogens with zero attached hydrogens (tertiary/aromatic N) is 1. The van der Waals surface area contributed by atoms with Gasteiger partial charge in [0.05, 0.1) is 19.0 Å². The summed E-state index contributed by atoms with van der Waals surface area (Å²) in [5, 5.41) is 2.73. The summed E-state index contributed by atoms with van der Waals surface area (Å²) in [6.07, 6.45) is 1.54. The van der Waals surface area contributed by atoms with Crippen LogP contribution in [0.5, 0.6) is 11.5 Å². The van der Waals surface area contributed by atoms with Gasteiger partial charge in [0.1, 0.15) is 11.5 Å². The summed E-state index contributed by atoms with van der Waals surface area (Å²) in [6.45, 7) is 0.286. The molecule has 0 spiro atoms. The molecule has 110 valence electrons. The van der Waals surface area contributed by atoms with Crippen LogP contribution < -0.4 is 20.5 Å². The molecule has 1 heterocycles. The van der Waals surface area contributed by atoms with Crippen LogP contribution in [0, 0.1) is 0 Å². The SMILES string of the molecule is COc1ccc(NC(=O)COc2ccc(CN)nc2)cc1. The molecule has 1 amide bonds. The molecule has 0 radical (unpaired) electrons. The van der Waals surface area contributed by atoms with Gasteiger partial charge in [0.25, 0.3) is 5.91 Å². The van der Waals surface area contributed by atoms with Crippen LogP contribution in [0.15, 0.2) is 42.6 Å². The second-order valence-corrected chi connectivity index (χ2v) is 4.25. The minimum absolute atomic E-state index is 0.0876. The van der Waals surface area contributed by atoms with Gasteiger partial charge in [-0.2, -0.15) is 0 Å². The fourth-order valence-corrected chi connectivity index (χ4v) is 1.64. The van der Waals surface area contributed by atoms with E-state index < -0.39 is 0 Å². The van der Waals surface area contributed by atoms with Crippen molar-refractivity contribution in [3.8, 4) is 11.5 Å². The van der Waals surface area contributed by atoms with Crippen molar-refractivity contribution in [2.75, 3.05) is 19.0 Å². The summed E-state index contributed by atoms with van der Waals surface area (Å²) in [5.41, 5.74) is 6.90. The number of rotatable bonds is 6. The number of nitrogens with one attached hydrogen (secondary N) is 1. The van der Waals surface area contributed by atoms with E-state index in [0.29, 0.717) is 18.0 Å². The molecule has 0 bridgehead atoms. The first-order chi connectivity index (χ1) is 10.2. The van der Waals surface area contributed by atoms with Crippen LogP contribution in [-0.4, -0.2) is 24.6 Å². The quantitative estimate of drug-likeness (QED) is 0.842. The summed E-state index contributed by atoms with van der Waals surface area (Å²) in [5.74, 6) is 1.01. The zero-order valence-electron chi connectivity index (χ0n) is 11.7. The molecule has 0 aliphatic carbocycles. The van der Waals surface area contributed by atoms with E-state index in [9.17, 15) is 4.79 Å². The van der Waals surface area contributed by atoms with E-state index in [1.165, 1.54) is 0 Å². The van der Waals surface area contributed by atoms with Crippen LogP contribution in [0.25, 0.3) is 0 Å². The largest absolute Gasteiger partial charge is 0.497 e. The lowest BCUT2D eigenvalue weighted by Crippen LogP contribution is -2.20. The van der Waals surface area contributed by atoms with E-state index in [1.54, 1.807) is 49.7 Å². The summed E-state index contributed by atoms with van der Waals surface area (Å²) >= 11 is 0. The number of aromatic nitrogens is 1. The maximum atomic E-state index is 11.8. The Bertz CT molecular complexity index is 582. The third-order valence-electron chi connectivity index (χ3n) is 2.75. The Hall–Kier alpha value is -2.60. The second kappa shape index (κ2) is 7.25. The predicted octanol–water partition coefficient (Wildman–Crippen LogP) is 1.57. The van der Waals surface area contributed by atoms with Gasteiger partial charge in [-0.25, -0.2) is 0 Å². The molecule has 1 aromatic carbocycles. The minimum atomic E-state index is -0.247. The van der Waals surface area contributed by atoms with Gasteiger partial charge >= 0.3 is 0 Å². The van der Waals surface area contributed by atoms with Crippen molar-refractivity contribution in [3.05, 3.63) is 48.3 Å². The number of pyridine rings is 1. The molecular weight excluding hydrogens is 270 g/mol. The molecule has 0 aliphatic heterocycles. The summed E-state index contributed by atoms with van der Waals surface area (Å²) in [7, 11) is 1.59. The Morgan fingerprint density at radius 2 is 1.90 bits per heavy atom. The molecule has 21 heavy (non-hydrogen) atoms. The average Bonchev–Trinajstić information content (AvgIpc) is 2.54. The molecule has 0 unspecified atom stereocenters. The van der Waals surface area contributed by atoms with Gasteiger partial charge in [-0.05, 0) is 36.4 Å². The van der Waals surface area contributed by atoms with Gasteiger partial charge in [-0.1, -0.05) is 0 Å². The molecule has 0 saturated carbocycles. The third-order valence-corrected chi connectivity index (χ3v) is 2.75. The van der Waals surface area contributed by atoms with Crippen molar-refractivity contribution >= 4 is 11.6 Å². The first-order valence-electron chi connectivity index (χ1n) is 6.43. The third kappa shape index (κ3) is 4.47. The highest BCUT2D eigenvalue weighted by atomic mass is 16.5. The number of anilines is 1. The van der Waals surface area contributed by atoms with Crippen LogP contribution in [0.4, 0.5) is 5.69 Å². The number of hydrogen-bond acceptors (Lipinski definition) is 5. The van der Waals surface area contributed by atoms with Crippen molar-refractivity contribution in [1.29, 1.82) is 0 Å². The molecule has 6 heteroatoms. The molecule has 0 saturated heterocycles. The molecule has 3 N–H and O–H groups in total. The molecule has 6 nitrogen and oxygen atoms in total. The number of hydrogen-bond donors (Lipinski definition) is 2. The number of ether oxygens (including phenoxy) is 2. The fraction of sp³-hybridized carbons (Fsp3) is 0.200. The number of benzene rings is 1. The first-order valence-corrected chi connectivity index (χ1v) is 6.43. The van der Waals surface area contributed by atoms with Gasteiger partial charge in [-0.3, -0.25) is 9.78 Å². The molecule has 1 aromatic heterocycles. The Morgan fingerprint density at radius 3 is 2.48 bits per heavy atom. The summed E-state index contributed by atoms with van der Waals surface area (Å²) in [4.78, 5) is 15.8. The molecule has 0 fully saturated rings. The normalized spacial score (nSPS) is 10.0. The Balaban J connectivity index is 1.83. The van der Waals surface area contributed by atoms with E-state index in [-0.39, 0.29) is 12.5 Å². The smallest absolute Gasteiger partial charge is 0.262 e. The molecule has 0 aliphatic rings. The number of nitrogens with two attached hydrogens (primary N) is 1. The monoisotopic (exact) mass is 287 g/mol. The summed E-state index contributed by atoms with van der Waals surface area (Å²) < 4.78 is 10.4.